The summed E-state index contributed by atoms with van der Waals surface area (Å²) in [5.41, 5.74) is 1.90. The lowest BCUT2D eigenvalue weighted by Gasteiger charge is -2.18. The van der Waals surface area contributed by atoms with Crippen LogP contribution in [0.25, 0.3) is 0 Å². The zero-order chi connectivity index (χ0) is 13.5. The fourth-order valence-corrected chi connectivity index (χ4v) is 1.57. The highest BCUT2D eigenvalue weighted by atomic mass is 16.6. The van der Waals surface area contributed by atoms with Crippen LogP contribution in [-0.4, -0.2) is 24.0 Å². The van der Waals surface area contributed by atoms with Gasteiger partial charge in [-0.2, -0.15) is 5.26 Å². The van der Waals surface area contributed by atoms with Crippen molar-refractivity contribution in [2.24, 2.45) is 0 Å². The Bertz CT molecular complexity index is 437. The van der Waals surface area contributed by atoms with E-state index in [0.717, 1.165) is 11.1 Å². The Morgan fingerprint density at radius 1 is 1.50 bits per heavy atom. The molecule has 0 aromatic heterocycles. The van der Waals surface area contributed by atoms with Crippen LogP contribution in [0.4, 0.5) is 4.79 Å². The number of aliphatic hydroxyl groups excluding tert-OH is 1. The van der Waals surface area contributed by atoms with E-state index in [1.54, 1.807) is 6.92 Å². The summed E-state index contributed by atoms with van der Waals surface area (Å²) in [6.07, 6.45) is -1.33. The van der Waals surface area contributed by atoms with Crippen molar-refractivity contribution >= 4 is 6.09 Å². The predicted octanol–water partition coefficient (Wildman–Crippen LogP) is 1.67. The maximum atomic E-state index is 11.2. The van der Waals surface area contributed by atoms with E-state index in [-0.39, 0.29) is 0 Å². The molecule has 2 N–H and O–H groups in total. The molecule has 0 aliphatic carbocycles. The third-order valence-corrected chi connectivity index (χ3v) is 2.56. The number of rotatable bonds is 4. The Morgan fingerprint density at radius 3 is 2.61 bits per heavy atom. The molecule has 1 aromatic carbocycles. The van der Waals surface area contributed by atoms with Crippen molar-refractivity contribution in [2.75, 3.05) is 6.73 Å². The lowest BCUT2D eigenvalue weighted by molar-refractivity contribution is 0.0923. The van der Waals surface area contributed by atoms with Crippen LogP contribution < -0.4 is 5.32 Å². The molecule has 1 amide bonds. The quantitative estimate of drug-likeness (QED) is 0.794. The summed E-state index contributed by atoms with van der Waals surface area (Å²) in [7, 11) is 0. The van der Waals surface area contributed by atoms with Gasteiger partial charge in [-0.25, -0.2) is 4.79 Å². The topological polar surface area (TPSA) is 82.3 Å². The second-order valence-electron chi connectivity index (χ2n) is 3.96. The van der Waals surface area contributed by atoms with Crippen LogP contribution in [0, 0.1) is 18.3 Å². The minimum absolute atomic E-state index is 0.493. The molecule has 2 unspecified atom stereocenters. The number of carbonyl (C=O) groups excluding carboxylic acids is 1. The number of nitrogens with one attached hydrogen (secondary N) is 1. The van der Waals surface area contributed by atoms with Crippen LogP contribution >= 0.6 is 0 Å². The Labute approximate surface area is 106 Å². The van der Waals surface area contributed by atoms with Crippen molar-refractivity contribution < 1.29 is 14.6 Å². The molecular formula is C13H16N2O3. The molecule has 96 valence electrons. The molecule has 0 spiro atoms. The van der Waals surface area contributed by atoms with Gasteiger partial charge in [-0.05, 0) is 19.4 Å². The number of ether oxygens (including phenoxy) is 1. The summed E-state index contributed by atoms with van der Waals surface area (Å²) >= 11 is 0. The number of amides is 1. The van der Waals surface area contributed by atoms with Gasteiger partial charge in [0, 0.05) is 0 Å². The van der Waals surface area contributed by atoms with Crippen LogP contribution in [0.5, 0.6) is 0 Å². The highest BCUT2D eigenvalue weighted by molar-refractivity contribution is 5.67. The van der Waals surface area contributed by atoms with Gasteiger partial charge in [0.25, 0.3) is 0 Å². The molecule has 0 aliphatic heterocycles. The molecule has 1 rings (SSSR count). The Balaban J connectivity index is 2.74. The first-order valence-corrected chi connectivity index (χ1v) is 5.60. The molecule has 0 heterocycles. The number of nitriles is 1. The first kappa shape index (κ1) is 14.0. The Kier molecular flexibility index (Phi) is 5.15. The van der Waals surface area contributed by atoms with Gasteiger partial charge in [-0.15, -0.1) is 0 Å². The number of carbonyl (C=O) groups is 1. The standard InChI is InChI=1S/C13H16N2O3/c1-9-3-5-11(6-4-9)12(7-14)10(2)18-13(17)15-8-16/h3-6,10,12,16H,8H2,1-2H3,(H,15,17). The Hall–Kier alpha value is -2.06. The number of hydrogen-bond acceptors (Lipinski definition) is 4. The van der Waals surface area contributed by atoms with Crippen molar-refractivity contribution in [1.29, 1.82) is 5.26 Å². The number of hydrogen-bond donors (Lipinski definition) is 2. The monoisotopic (exact) mass is 248 g/mol. The number of aliphatic hydroxyl groups is 1. The maximum absolute atomic E-state index is 11.2. The van der Waals surface area contributed by atoms with Crippen molar-refractivity contribution in [3.05, 3.63) is 35.4 Å². The predicted molar refractivity (Wildman–Crippen MR) is 65.7 cm³/mol. The van der Waals surface area contributed by atoms with Crippen molar-refractivity contribution in [3.8, 4) is 6.07 Å². The zero-order valence-electron chi connectivity index (χ0n) is 10.4. The van der Waals surface area contributed by atoms with Crippen molar-refractivity contribution in [1.82, 2.24) is 5.32 Å². The minimum atomic E-state index is -0.739. The van der Waals surface area contributed by atoms with Crippen LogP contribution in [0.3, 0.4) is 0 Å². The first-order chi connectivity index (χ1) is 8.58. The van der Waals surface area contributed by atoms with E-state index in [4.69, 9.17) is 15.1 Å². The minimum Gasteiger partial charge on any atom is -0.445 e. The summed E-state index contributed by atoms with van der Waals surface area (Å²) in [6.45, 7) is 3.11. The van der Waals surface area contributed by atoms with E-state index < -0.39 is 24.8 Å². The van der Waals surface area contributed by atoms with Gasteiger partial charge >= 0.3 is 6.09 Å². The van der Waals surface area contributed by atoms with E-state index in [1.807, 2.05) is 31.2 Å². The molecule has 5 heteroatoms. The molecule has 0 saturated carbocycles. The second kappa shape index (κ2) is 6.62. The molecular weight excluding hydrogens is 232 g/mol. The summed E-state index contributed by atoms with van der Waals surface area (Å²) in [6, 6.07) is 9.60. The molecule has 18 heavy (non-hydrogen) atoms. The third-order valence-electron chi connectivity index (χ3n) is 2.56. The van der Waals surface area contributed by atoms with E-state index in [9.17, 15) is 4.79 Å². The fraction of sp³-hybridized carbons (Fsp3) is 0.385. The maximum Gasteiger partial charge on any atom is 0.409 e. The number of aryl methyl sites for hydroxylation is 1. The van der Waals surface area contributed by atoms with Crippen LogP contribution in [0.2, 0.25) is 0 Å². The van der Waals surface area contributed by atoms with Gasteiger partial charge in [0.1, 0.15) is 18.8 Å². The van der Waals surface area contributed by atoms with E-state index in [1.165, 1.54) is 0 Å². The highest BCUT2D eigenvalue weighted by Gasteiger charge is 2.22. The molecule has 1 aromatic rings. The summed E-state index contributed by atoms with van der Waals surface area (Å²) < 4.78 is 5.00. The zero-order valence-corrected chi connectivity index (χ0v) is 10.4. The fourth-order valence-electron chi connectivity index (χ4n) is 1.57. The molecule has 2 atom stereocenters. The normalized spacial score (nSPS) is 13.2. The SMILES string of the molecule is Cc1ccc(C(C#N)C(C)OC(=O)NCO)cc1. The van der Waals surface area contributed by atoms with Crippen LogP contribution in [0.1, 0.15) is 24.0 Å². The number of benzene rings is 1. The van der Waals surface area contributed by atoms with Gasteiger partial charge in [0.15, 0.2) is 0 Å². The average molecular weight is 248 g/mol. The van der Waals surface area contributed by atoms with Gasteiger partial charge in [-0.3, -0.25) is 5.32 Å². The lowest BCUT2D eigenvalue weighted by Crippen LogP contribution is -2.30. The third kappa shape index (κ3) is 3.75. The van der Waals surface area contributed by atoms with E-state index in [0.29, 0.717) is 0 Å². The molecule has 5 nitrogen and oxygen atoms in total. The number of nitrogens with zero attached hydrogens (tertiary/aromatic N) is 1. The largest absolute Gasteiger partial charge is 0.445 e. The summed E-state index contributed by atoms with van der Waals surface area (Å²) in [5, 5.41) is 19.8. The van der Waals surface area contributed by atoms with Gasteiger partial charge in [0.05, 0.1) is 6.07 Å². The van der Waals surface area contributed by atoms with Crippen LogP contribution in [0.15, 0.2) is 24.3 Å². The van der Waals surface area contributed by atoms with Crippen molar-refractivity contribution in [3.63, 3.8) is 0 Å². The molecule has 0 fully saturated rings. The lowest BCUT2D eigenvalue weighted by atomic mass is 9.95. The second-order valence-corrected chi connectivity index (χ2v) is 3.96. The molecule has 0 saturated heterocycles. The molecule has 0 aliphatic rings. The smallest absolute Gasteiger partial charge is 0.409 e. The van der Waals surface area contributed by atoms with Crippen LogP contribution in [-0.2, 0) is 4.74 Å². The summed E-state index contributed by atoms with van der Waals surface area (Å²) in [4.78, 5) is 11.2. The highest BCUT2D eigenvalue weighted by Crippen LogP contribution is 2.21. The molecule has 0 radical (unpaired) electrons. The van der Waals surface area contributed by atoms with E-state index >= 15 is 0 Å². The average Bonchev–Trinajstić information content (AvgIpc) is 2.32. The number of alkyl carbamates (subject to hydrolysis) is 1. The van der Waals surface area contributed by atoms with Gasteiger partial charge in [0.2, 0.25) is 0 Å². The van der Waals surface area contributed by atoms with Gasteiger partial charge in [-0.1, -0.05) is 29.8 Å². The first-order valence-electron chi connectivity index (χ1n) is 5.60. The Morgan fingerprint density at radius 2 is 2.11 bits per heavy atom. The van der Waals surface area contributed by atoms with E-state index in [2.05, 4.69) is 11.4 Å². The summed E-state index contributed by atoms with van der Waals surface area (Å²) in [5.74, 6) is -0.532. The van der Waals surface area contributed by atoms with Gasteiger partial charge < -0.3 is 9.84 Å². The van der Waals surface area contributed by atoms with Crippen molar-refractivity contribution in [2.45, 2.75) is 25.9 Å². The molecule has 0 bridgehead atoms.